The molecule has 5 rings (SSSR count). The van der Waals surface area contributed by atoms with Gasteiger partial charge < -0.3 is 37.1 Å². The molecule has 0 radical (unpaired) electrons. The number of Topliss-reactive ketones (excluding diaryl/α,β-unsaturated/α-hetero) is 4. The molecule has 2 aromatic rings. The van der Waals surface area contributed by atoms with E-state index in [4.69, 9.17) is 26.7 Å². The molecule has 2 fully saturated rings. The molecule has 15 heteroatoms. The molecule has 276 valence electrons. The van der Waals surface area contributed by atoms with Crippen LogP contribution in [0.2, 0.25) is 0 Å². The van der Waals surface area contributed by atoms with Gasteiger partial charge in [0.15, 0.2) is 34.5 Å². The maximum absolute atomic E-state index is 14.7. The van der Waals surface area contributed by atoms with E-state index in [1.165, 1.54) is 39.3 Å². The summed E-state index contributed by atoms with van der Waals surface area (Å²) in [6.07, 6.45) is -0.255. The first-order valence-electron chi connectivity index (χ1n) is 16.8. The van der Waals surface area contributed by atoms with E-state index in [2.05, 4.69) is 5.32 Å². The second kappa shape index (κ2) is 13.5. The Labute approximate surface area is 300 Å². The summed E-state index contributed by atoms with van der Waals surface area (Å²) in [5, 5.41) is 25.0. The van der Waals surface area contributed by atoms with E-state index in [0.717, 1.165) is 5.56 Å². The fourth-order valence-corrected chi connectivity index (χ4v) is 8.65. The number of fused-ring (bicyclic) bond motifs is 3. The van der Waals surface area contributed by atoms with Crippen molar-refractivity contribution in [1.29, 1.82) is 5.26 Å². The number of nitriles is 1. The molecule has 52 heavy (non-hydrogen) atoms. The number of ketones is 4. The van der Waals surface area contributed by atoms with Crippen molar-refractivity contribution >= 4 is 35.0 Å². The zero-order valence-electron chi connectivity index (χ0n) is 29.9. The van der Waals surface area contributed by atoms with Gasteiger partial charge in [-0.2, -0.15) is 5.26 Å². The maximum Gasteiger partial charge on any atom is 0.322 e. The number of hydrogen-bond donors (Lipinski definition) is 5. The minimum atomic E-state index is -2.84. The van der Waals surface area contributed by atoms with Crippen LogP contribution >= 0.6 is 0 Å². The average molecular weight is 717 g/mol. The molecule has 3 unspecified atom stereocenters. The maximum atomic E-state index is 14.7. The van der Waals surface area contributed by atoms with Crippen molar-refractivity contribution in [2.24, 2.45) is 40.4 Å². The van der Waals surface area contributed by atoms with Crippen molar-refractivity contribution in [3.05, 3.63) is 47.0 Å². The number of likely N-dealkylation sites (N-methyl/N-ethyl adjacent to an activating group) is 1. The van der Waals surface area contributed by atoms with Gasteiger partial charge >= 0.3 is 5.97 Å². The van der Waals surface area contributed by atoms with Crippen LogP contribution in [-0.2, 0) is 41.7 Å². The normalized spacial score (nSPS) is 28.8. The van der Waals surface area contributed by atoms with Crippen LogP contribution in [-0.4, -0.2) is 96.5 Å². The Hall–Kier alpha value is -5.01. The third-order valence-corrected chi connectivity index (χ3v) is 10.8. The molecule has 8 N–H and O–H groups in total. The number of nitrogens with one attached hydrogen (secondary N) is 1. The van der Waals surface area contributed by atoms with E-state index in [1.54, 1.807) is 30.3 Å². The second-order valence-corrected chi connectivity index (χ2v) is 14.7. The number of carbonyl (C=O) groups is 6. The highest BCUT2D eigenvalue weighted by Crippen LogP contribution is 2.57. The SMILES string of the molecule is COC(=O)C(CC(C)C)NCc1ccc(OC)c(-c2ccc(O)c3c2C[C@@]2(N)C[C@@]4(N)[C@H](N(C)C)C(=O)C(C(N)=O)C(=O)[C@@]4(C#N)C(=O)C2C3=O)c1. The fourth-order valence-electron chi connectivity index (χ4n) is 8.65. The van der Waals surface area contributed by atoms with Crippen LogP contribution < -0.4 is 27.3 Å². The van der Waals surface area contributed by atoms with Crippen LogP contribution in [0.3, 0.4) is 0 Å². The summed E-state index contributed by atoms with van der Waals surface area (Å²) in [6, 6.07) is 7.78. The summed E-state index contributed by atoms with van der Waals surface area (Å²) in [7, 11) is 5.66. The largest absolute Gasteiger partial charge is 0.507 e. The van der Waals surface area contributed by atoms with Gasteiger partial charge in [0.25, 0.3) is 0 Å². The first-order valence-corrected chi connectivity index (χ1v) is 16.8. The molecule has 15 nitrogen and oxygen atoms in total. The van der Waals surface area contributed by atoms with Crippen LogP contribution in [0.15, 0.2) is 30.3 Å². The lowest BCUT2D eigenvalue weighted by atomic mass is 9.42. The lowest BCUT2D eigenvalue weighted by Gasteiger charge is -2.60. The van der Waals surface area contributed by atoms with Crippen molar-refractivity contribution in [2.75, 3.05) is 28.3 Å². The van der Waals surface area contributed by atoms with Gasteiger partial charge in [-0.15, -0.1) is 0 Å². The zero-order chi connectivity index (χ0) is 38.7. The number of amides is 1. The van der Waals surface area contributed by atoms with Crippen molar-refractivity contribution in [3.8, 4) is 28.7 Å². The van der Waals surface area contributed by atoms with E-state index in [1.807, 2.05) is 13.8 Å². The van der Waals surface area contributed by atoms with Crippen LogP contribution in [0.4, 0.5) is 0 Å². The summed E-state index contributed by atoms with van der Waals surface area (Å²) in [5.41, 5.74) is 14.1. The number of benzene rings is 2. The lowest BCUT2D eigenvalue weighted by Crippen LogP contribution is -2.85. The number of rotatable bonds is 10. The Kier molecular flexibility index (Phi) is 9.94. The van der Waals surface area contributed by atoms with Gasteiger partial charge in [0, 0.05) is 17.6 Å². The highest BCUT2D eigenvalue weighted by Gasteiger charge is 2.78. The number of carbonyl (C=O) groups excluding carboxylic acids is 6. The molecular weight excluding hydrogens is 672 g/mol. The van der Waals surface area contributed by atoms with Crippen LogP contribution in [0.25, 0.3) is 11.1 Å². The van der Waals surface area contributed by atoms with E-state index < -0.39 is 87.6 Å². The third kappa shape index (κ3) is 5.57. The zero-order valence-corrected chi connectivity index (χ0v) is 29.9. The van der Waals surface area contributed by atoms with E-state index in [9.17, 15) is 39.1 Å². The Bertz CT molecular complexity index is 1940. The average Bonchev–Trinajstić information content (AvgIpc) is 3.05. The molecule has 2 aromatic carbocycles. The van der Waals surface area contributed by atoms with Gasteiger partial charge in [-0.05, 0) is 74.2 Å². The van der Waals surface area contributed by atoms with Gasteiger partial charge in [0.05, 0.1) is 37.4 Å². The Balaban J connectivity index is 1.66. The molecule has 0 aromatic heterocycles. The molecular formula is C37H44N6O9. The smallest absolute Gasteiger partial charge is 0.322 e. The van der Waals surface area contributed by atoms with Crippen molar-refractivity contribution < 1.29 is 43.3 Å². The number of phenols is 1. The first-order chi connectivity index (χ1) is 24.3. The molecule has 1 amide bonds. The number of nitrogens with zero attached hydrogens (tertiary/aromatic N) is 2. The summed E-state index contributed by atoms with van der Waals surface area (Å²) < 4.78 is 10.7. The van der Waals surface area contributed by atoms with Gasteiger partial charge in [0.1, 0.15) is 23.5 Å². The van der Waals surface area contributed by atoms with Gasteiger partial charge in [-0.1, -0.05) is 26.0 Å². The molecule has 2 saturated carbocycles. The molecule has 0 aliphatic heterocycles. The van der Waals surface area contributed by atoms with E-state index in [-0.39, 0.29) is 30.0 Å². The first kappa shape index (κ1) is 38.2. The minimum absolute atomic E-state index is 0.205. The molecule has 0 heterocycles. The van der Waals surface area contributed by atoms with Crippen molar-refractivity contribution in [3.63, 3.8) is 0 Å². The predicted octanol–water partition coefficient (Wildman–Crippen LogP) is 0.161. The standard InChI is InChI=1S/C37H44N6O9/c1-17(2)11-22(34(50)52-6)42-14-18-7-10-24(51-5)20(12-18)19-8-9-23(44)25-21(19)13-35(40)15-37(41)30(43(3)4)29(46)26(33(39)49)31(47)36(37,16-38)32(48)27(35)28(25)45/h7-10,12,17,22,26-27,30,42,44H,11,13-15,40-41H2,1-6H3,(H2,39,49)/t22?,26?,27?,30-,35-,36+,37-/m1/s1. The number of phenolic OH excluding ortho intramolecular Hbond substituents is 1. The lowest BCUT2D eigenvalue weighted by molar-refractivity contribution is -0.166. The van der Waals surface area contributed by atoms with E-state index >= 15 is 0 Å². The molecule has 3 aliphatic rings. The number of esters is 1. The van der Waals surface area contributed by atoms with E-state index in [0.29, 0.717) is 23.3 Å². The molecule has 0 bridgehead atoms. The highest BCUT2D eigenvalue weighted by molar-refractivity contribution is 6.33. The van der Waals surface area contributed by atoms with Gasteiger partial charge in [-0.25, -0.2) is 0 Å². The number of aromatic hydroxyl groups is 1. The summed E-state index contributed by atoms with van der Waals surface area (Å²) in [6.45, 7) is 4.23. The molecule has 0 saturated heterocycles. The topological polar surface area (TPSA) is 258 Å². The van der Waals surface area contributed by atoms with Crippen LogP contribution in [0.5, 0.6) is 11.5 Å². The minimum Gasteiger partial charge on any atom is -0.507 e. The Morgan fingerprint density at radius 3 is 2.31 bits per heavy atom. The third-order valence-electron chi connectivity index (χ3n) is 10.8. The fraction of sp³-hybridized carbons (Fsp3) is 0.486. The summed E-state index contributed by atoms with van der Waals surface area (Å²) in [5.74, 6) is -10.2. The number of methoxy groups -OCH3 is 2. The molecule has 7 atom stereocenters. The summed E-state index contributed by atoms with van der Waals surface area (Å²) in [4.78, 5) is 83.1. The predicted molar refractivity (Wildman–Crippen MR) is 185 cm³/mol. The number of hydrogen-bond acceptors (Lipinski definition) is 14. The Morgan fingerprint density at radius 1 is 1.08 bits per heavy atom. The quantitative estimate of drug-likeness (QED) is 0.162. The van der Waals surface area contributed by atoms with Gasteiger partial charge in [-0.3, -0.25) is 33.7 Å². The number of primary amides is 1. The second-order valence-electron chi connectivity index (χ2n) is 14.7. The summed E-state index contributed by atoms with van der Waals surface area (Å²) >= 11 is 0. The van der Waals surface area contributed by atoms with Gasteiger partial charge in [0.2, 0.25) is 5.91 Å². The van der Waals surface area contributed by atoms with Crippen molar-refractivity contribution in [2.45, 2.75) is 62.8 Å². The number of ether oxygens (including phenoxy) is 2. The number of nitrogens with two attached hydrogens (primary N) is 3. The monoisotopic (exact) mass is 716 g/mol. The molecule has 0 spiro atoms. The van der Waals surface area contributed by atoms with Crippen LogP contribution in [0, 0.1) is 34.5 Å². The molecule has 3 aliphatic carbocycles. The van der Waals surface area contributed by atoms with Crippen molar-refractivity contribution in [1.82, 2.24) is 10.2 Å². The Morgan fingerprint density at radius 2 is 1.75 bits per heavy atom. The highest BCUT2D eigenvalue weighted by atomic mass is 16.5. The van der Waals surface area contributed by atoms with Crippen LogP contribution in [0.1, 0.15) is 48.2 Å².